The normalized spacial score (nSPS) is 14.7. The van der Waals surface area contributed by atoms with Crippen LogP contribution >= 0.6 is 0 Å². The minimum atomic E-state index is -4.83. The van der Waals surface area contributed by atoms with E-state index in [1.807, 2.05) is 0 Å². The molecule has 0 amide bonds. The first kappa shape index (κ1) is 16.9. The number of nitrogens with zero attached hydrogens (tertiary/aromatic N) is 3. The molecule has 0 atom stereocenters. The summed E-state index contributed by atoms with van der Waals surface area (Å²) in [6.07, 6.45) is -6.26. The van der Waals surface area contributed by atoms with Gasteiger partial charge in [-0.15, -0.1) is 5.10 Å². The van der Waals surface area contributed by atoms with Crippen molar-refractivity contribution in [1.29, 1.82) is 0 Å². The molecule has 11 heteroatoms. The van der Waals surface area contributed by atoms with Gasteiger partial charge in [-0.25, -0.2) is 4.68 Å². The molecular weight excluding hydrogens is 354 g/mol. The maximum atomic E-state index is 13.3. The van der Waals surface area contributed by atoms with E-state index >= 15 is 0 Å². The molecule has 0 unspecified atom stereocenters. The highest BCUT2D eigenvalue weighted by molar-refractivity contribution is 5.95. The Balaban J connectivity index is 2.07. The fourth-order valence-corrected chi connectivity index (χ4v) is 2.09. The van der Waals surface area contributed by atoms with Gasteiger partial charge in [-0.1, -0.05) is 0 Å². The largest absolute Gasteiger partial charge is 0.443 e. The van der Waals surface area contributed by atoms with Crippen LogP contribution in [0, 0.1) is 0 Å². The van der Waals surface area contributed by atoms with Gasteiger partial charge in [-0.05, 0) is 24.3 Å². The highest BCUT2D eigenvalue weighted by Crippen LogP contribution is 2.35. The maximum absolute atomic E-state index is 13.3. The third-order valence-electron chi connectivity index (χ3n) is 3.16. The van der Waals surface area contributed by atoms with Gasteiger partial charge in [0.25, 0.3) is 0 Å². The molecule has 1 aliphatic heterocycles. The minimum absolute atomic E-state index is 0.00359. The molecule has 5 nitrogen and oxygen atoms in total. The highest BCUT2D eigenvalue weighted by atomic mass is 19.4. The Morgan fingerprint density at radius 3 is 2.32 bits per heavy atom. The number of halogens is 6. The van der Waals surface area contributed by atoms with Crippen molar-refractivity contribution < 1.29 is 31.1 Å². The third kappa shape index (κ3) is 3.44. The fourth-order valence-electron chi connectivity index (χ4n) is 2.09. The molecule has 1 aromatic carbocycles. The molecule has 0 bridgehead atoms. The van der Waals surface area contributed by atoms with Gasteiger partial charge in [0.05, 0.1) is 17.5 Å². The van der Waals surface area contributed by atoms with E-state index in [4.69, 9.17) is 4.74 Å². The van der Waals surface area contributed by atoms with Crippen LogP contribution in [0.3, 0.4) is 0 Å². The second-order valence-electron chi connectivity index (χ2n) is 4.84. The van der Waals surface area contributed by atoms with E-state index < -0.39 is 29.3 Å². The Bertz CT molecular complexity index is 850. The molecule has 2 aromatic rings. The summed E-state index contributed by atoms with van der Waals surface area (Å²) in [7, 11) is 0. The number of ether oxygens (including phenoxy) is 1. The summed E-state index contributed by atoms with van der Waals surface area (Å²) in [6.45, 7) is 0. The lowest BCUT2D eigenvalue weighted by atomic mass is 10.1. The van der Waals surface area contributed by atoms with Gasteiger partial charge in [-0.3, -0.25) is 5.43 Å². The van der Waals surface area contributed by atoms with E-state index in [-0.39, 0.29) is 11.5 Å². The van der Waals surface area contributed by atoms with Crippen LogP contribution in [-0.4, -0.2) is 15.7 Å². The average molecular weight is 362 g/mol. The second kappa shape index (κ2) is 5.83. The fraction of sp³-hybridized carbons (Fsp3) is 0.143. The number of aromatic nitrogens is 2. The summed E-state index contributed by atoms with van der Waals surface area (Å²) in [5, 5.41) is 6.86. The van der Waals surface area contributed by atoms with E-state index in [0.717, 1.165) is 18.3 Å². The zero-order chi connectivity index (χ0) is 18.2. The summed E-state index contributed by atoms with van der Waals surface area (Å²) in [5.41, 5.74) is -0.607. The van der Waals surface area contributed by atoms with E-state index in [9.17, 15) is 26.3 Å². The highest BCUT2D eigenvalue weighted by Gasteiger charge is 2.37. The van der Waals surface area contributed by atoms with Crippen LogP contribution in [0.25, 0.3) is 5.69 Å². The first-order chi connectivity index (χ1) is 11.7. The van der Waals surface area contributed by atoms with Crippen molar-refractivity contribution >= 4 is 5.90 Å². The molecule has 0 saturated carbocycles. The molecule has 3 rings (SSSR count). The molecule has 1 aromatic heterocycles. The number of benzene rings is 1. The van der Waals surface area contributed by atoms with Crippen molar-refractivity contribution in [2.45, 2.75) is 12.4 Å². The zero-order valence-corrected chi connectivity index (χ0v) is 12.1. The van der Waals surface area contributed by atoms with Crippen LogP contribution in [-0.2, 0) is 17.1 Å². The van der Waals surface area contributed by atoms with Crippen LogP contribution in [0.15, 0.2) is 48.0 Å². The van der Waals surface area contributed by atoms with Gasteiger partial charge in [0.2, 0.25) is 5.90 Å². The second-order valence-corrected chi connectivity index (χ2v) is 4.84. The maximum Gasteiger partial charge on any atom is 0.435 e. The Morgan fingerprint density at radius 2 is 1.76 bits per heavy atom. The molecule has 25 heavy (non-hydrogen) atoms. The first-order valence-corrected chi connectivity index (χ1v) is 6.66. The molecular formula is C14H8F6N4O. The molecule has 1 N–H and O–H groups in total. The van der Waals surface area contributed by atoms with Crippen LogP contribution in [0.1, 0.15) is 16.8 Å². The number of alkyl halides is 6. The summed E-state index contributed by atoms with van der Waals surface area (Å²) in [6, 6.07) is 3.55. The molecule has 0 fully saturated rings. The number of hydrogen-bond donors (Lipinski definition) is 1. The van der Waals surface area contributed by atoms with Crippen molar-refractivity contribution in [2.24, 2.45) is 5.10 Å². The lowest BCUT2D eigenvalue weighted by Crippen LogP contribution is -2.17. The van der Waals surface area contributed by atoms with E-state index in [1.165, 1.54) is 18.5 Å². The van der Waals surface area contributed by atoms with Crippen LogP contribution in [0.5, 0.6) is 0 Å². The third-order valence-corrected chi connectivity index (χ3v) is 3.16. The van der Waals surface area contributed by atoms with Gasteiger partial charge in [-0.2, -0.15) is 31.4 Å². The van der Waals surface area contributed by atoms with Crippen molar-refractivity contribution in [2.75, 3.05) is 0 Å². The van der Waals surface area contributed by atoms with Crippen molar-refractivity contribution in [3.8, 4) is 5.69 Å². The Labute approximate surface area is 136 Å². The number of hydrogen-bond acceptors (Lipinski definition) is 4. The average Bonchev–Trinajstić information content (AvgIpc) is 3.04. The lowest BCUT2D eigenvalue weighted by Gasteiger charge is -2.16. The van der Waals surface area contributed by atoms with E-state index in [1.54, 1.807) is 0 Å². The van der Waals surface area contributed by atoms with Crippen LogP contribution in [0.2, 0.25) is 0 Å². The molecule has 132 valence electrons. The van der Waals surface area contributed by atoms with Gasteiger partial charge in [0, 0.05) is 11.8 Å². The van der Waals surface area contributed by atoms with Gasteiger partial charge in [0.15, 0.2) is 5.69 Å². The van der Waals surface area contributed by atoms with Crippen LogP contribution in [0.4, 0.5) is 26.3 Å². The van der Waals surface area contributed by atoms with Gasteiger partial charge >= 0.3 is 12.4 Å². The number of nitrogens with one attached hydrogen (secondary N) is 1. The molecule has 0 spiro atoms. The quantitative estimate of drug-likeness (QED) is 0.830. The Morgan fingerprint density at radius 1 is 1.00 bits per heavy atom. The minimum Gasteiger partial charge on any atom is -0.443 e. The Hall–Kier alpha value is -2.98. The Kier molecular flexibility index (Phi) is 3.93. The molecule has 0 saturated heterocycles. The van der Waals surface area contributed by atoms with Gasteiger partial charge < -0.3 is 4.74 Å². The summed E-state index contributed by atoms with van der Waals surface area (Å²) < 4.78 is 83.4. The van der Waals surface area contributed by atoms with E-state index in [0.29, 0.717) is 10.7 Å². The molecule has 0 radical (unpaired) electrons. The number of rotatable bonds is 2. The van der Waals surface area contributed by atoms with Crippen molar-refractivity contribution in [1.82, 2.24) is 15.2 Å². The first-order valence-electron chi connectivity index (χ1n) is 6.66. The molecule has 0 aliphatic carbocycles. The number of hydrazone groups is 1. The smallest absolute Gasteiger partial charge is 0.435 e. The van der Waals surface area contributed by atoms with Gasteiger partial charge in [0.1, 0.15) is 6.26 Å². The van der Waals surface area contributed by atoms with Crippen LogP contribution < -0.4 is 5.43 Å². The monoisotopic (exact) mass is 362 g/mol. The SMILES string of the molecule is FC(F)(F)c1ccn(-c2ccc(C3=NNC=CO3)cc2C(F)(F)F)n1. The molecule has 2 heterocycles. The van der Waals surface area contributed by atoms with Crippen molar-refractivity contribution in [3.05, 3.63) is 59.7 Å². The zero-order valence-electron chi connectivity index (χ0n) is 12.1. The summed E-state index contributed by atoms with van der Waals surface area (Å²) in [5.74, 6) is -0.115. The summed E-state index contributed by atoms with van der Waals surface area (Å²) in [4.78, 5) is 0. The topological polar surface area (TPSA) is 51.4 Å². The predicted octanol–water partition coefficient (Wildman–Crippen LogP) is 3.66. The summed E-state index contributed by atoms with van der Waals surface area (Å²) >= 11 is 0. The standard InChI is InChI=1S/C14H8F6N4O/c15-13(16,17)9-7-8(12-22-21-4-6-25-12)1-2-10(9)24-5-3-11(23-24)14(18,19)20/h1-7,21H. The predicted molar refractivity (Wildman–Crippen MR) is 73.5 cm³/mol. The lowest BCUT2D eigenvalue weighted by molar-refractivity contribution is -0.141. The van der Waals surface area contributed by atoms with E-state index in [2.05, 4.69) is 15.6 Å². The molecule has 1 aliphatic rings. The van der Waals surface area contributed by atoms with Crippen molar-refractivity contribution in [3.63, 3.8) is 0 Å².